The lowest BCUT2D eigenvalue weighted by molar-refractivity contribution is -0.124. The summed E-state index contributed by atoms with van der Waals surface area (Å²) in [6, 6.07) is 11.0. The largest absolute Gasteiger partial charge is 0.507 e. The molecule has 2 rings (SSSR count). The van der Waals surface area contributed by atoms with Gasteiger partial charge in [0, 0.05) is 11.1 Å². The maximum atomic E-state index is 12.0. The third-order valence-electron chi connectivity index (χ3n) is 3.51. The van der Waals surface area contributed by atoms with Crippen molar-refractivity contribution in [1.29, 1.82) is 0 Å². The summed E-state index contributed by atoms with van der Waals surface area (Å²) in [6.45, 7) is 1.30. The fraction of sp³-hybridized carbons (Fsp3) is 0.222. The molecular formula is C18H18ClNO5. The number of carbonyl (C=O) groups is 2. The third-order valence-corrected chi connectivity index (χ3v) is 3.85. The number of amides is 1. The van der Waals surface area contributed by atoms with Gasteiger partial charge in [-0.25, -0.2) is 4.79 Å². The Morgan fingerprint density at radius 3 is 2.60 bits per heavy atom. The van der Waals surface area contributed by atoms with Crippen molar-refractivity contribution >= 4 is 23.5 Å². The van der Waals surface area contributed by atoms with Crippen LogP contribution in [0.2, 0.25) is 5.02 Å². The molecule has 2 aromatic carbocycles. The van der Waals surface area contributed by atoms with E-state index in [4.69, 9.17) is 21.1 Å². The quantitative estimate of drug-likeness (QED) is 0.770. The standard InChI is InChI=1S/C18H18ClNO5/c1-11(13-5-3-4-6-15(13)19)20-17(22)10-25-18(23)14-8-7-12(24-2)9-16(14)21/h3-9,11,21H,10H2,1-2H3,(H,20,22)/t11-/m1/s1. The predicted octanol–water partition coefficient (Wildman–Crippen LogP) is 3.09. The zero-order valence-corrected chi connectivity index (χ0v) is 14.5. The van der Waals surface area contributed by atoms with E-state index in [0.717, 1.165) is 5.56 Å². The molecule has 0 saturated heterocycles. The van der Waals surface area contributed by atoms with Gasteiger partial charge in [-0.05, 0) is 30.7 Å². The van der Waals surface area contributed by atoms with E-state index in [1.807, 2.05) is 6.07 Å². The van der Waals surface area contributed by atoms with Crippen LogP contribution in [0.4, 0.5) is 0 Å². The molecule has 0 radical (unpaired) electrons. The number of esters is 1. The third kappa shape index (κ3) is 4.87. The van der Waals surface area contributed by atoms with E-state index in [2.05, 4.69) is 5.32 Å². The lowest BCUT2D eigenvalue weighted by Gasteiger charge is -2.15. The lowest BCUT2D eigenvalue weighted by atomic mass is 10.1. The number of benzene rings is 2. The van der Waals surface area contributed by atoms with Gasteiger partial charge in [0.2, 0.25) is 0 Å². The molecule has 25 heavy (non-hydrogen) atoms. The average molecular weight is 364 g/mol. The molecule has 2 aromatic rings. The van der Waals surface area contributed by atoms with Crippen LogP contribution >= 0.6 is 11.6 Å². The summed E-state index contributed by atoms with van der Waals surface area (Å²) in [4.78, 5) is 23.9. The van der Waals surface area contributed by atoms with Gasteiger partial charge in [-0.1, -0.05) is 29.8 Å². The summed E-state index contributed by atoms with van der Waals surface area (Å²) in [5, 5.41) is 13.0. The van der Waals surface area contributed by atoms with Gasteiger partial charge in [-0.2, -0.15) is 0 Å². The Morgan fingerprint density at radius 2 is 1.96 bits per heavy atom. The Labute approximate surface area is 150 Å². The van der Waals surface area contributed by atoms with Gasteiger partial charge in [-0.3, -0.25) is 4.79 Å². The normalized spacial score (nSPS) is 11.5. The second kappa shape index (κ2) is 8.39. The highest BCUT2D eigenvalue weighted by Gasteiger charge is 2.17. The molecule has 0 heterocycles. The van der Waals surface area contributed by atoms with Gasteiger partial charge in [-0.15, -0.1) is 0 Å². The van der Waals surface area contributed by atoms with E-state index in [0.29, 0.717) is 10.8 Å². The number of methoxy groups -OCH3 is 1. The molecule has 1 amide bonds. The number of phenolic OH excluding ortho intramolecular Hbond substituents is 1. The summed E-state index contributed by atoms with van der Waals surface area (Å²) < 4.78 is 9.86. The van der Waals surface area contributed by atoms with Crippen LogP contribution in [-0.2, 0) is 9.53 Å². The van der Waals surface area contributed by atoms with Crippen LogP contribution in [0.1, 0.15) is 28.9 Å². The average Bonchev–Trinajstić information content (AvgIpc) is 2.59. The van der Waals surface area contributed by atoms with Crippen LogP contribution < -0.4 is 10.1 Å². The molecule has 2 N–H and O–H groups in total. The van der Waals surface area contributed by atoms with Crippen LogP contribution in [0.5, 0.6) is 11.5 Å². The van der Waals surface area contributed by atoms with Gasteiger partial charge in [0.05, 0.1) is 13.2 Å². The van der Waals surface area contributed by atoms with E-state index in [9.17, 15) is 14.7 Å². The minimum Gasteiger partial charge on any atom is -0.507 e. The van der Waals surface area contributed by atoms with Crippen LogP contribution in [0.3, 0.4) is 0 Å². The summed E-state index contributed by atoms with van der Waals surface area (Å²) in [7, 11) is 1.44. The molecule has 0 fully saturated rings. The van der Waals surface area contributed by atoms with E-state index in [1.54, 1.807) is 25.1 Å². The zero-order valence-electron chi connectivity index (χ0n) is 13.8. The van der Waals surface area contributed by atoms with Crippen LogP contribution in [0.15, 0.2) is 42.5 Å². The highest BCUT2D eigenvalue weighted by Crippen LogP contribution is 2.24. The van der Waals surface area contributed by atoms with E-state index in [1.165, 1.54) is 25.3 Å². The summed E-state index contributed by atoms with van der Waals surface area (Å²) >= 11 is 6.08. The maximum Gasteiger partial charge on any atom is 0.342 e. The topological polar surface area (TPSA) is 84.9 Å². The number of halogens is 1. The maximum absolute atomic E-state index is 12.0. The number of ether oxygens (including phenoxy) is 2. The molecule has 1 atom stereocenters. The number of rotatable bonds is 6. The summed E-state index contributed by atoms with van der Waals surface area (Å²) in [5.74, 6) is -1.16. The van der Waals surface area contributed by atoms with Crippen molar-refractivity contribution in [1.82, 2.24) is 5.32 Å². The molecule has 0 aliphatic rings. The first kappa shape index (κ1) is 18.6. The number of aromatic hydroxyl groups is 1. The summed E-state index contributed by atoms with van der Waals surface area (Å²) in [6.07, 6.45) is 0. The number of phenols is 1. The molecule has 132 valence electrons. The first-order chi connectivity index (χ1) is 11.9. The van der Waals surface area contributed by atoms with Crippen molar-refractivity contribution in [3.8, 4) is 11.5 Å². The molecule has 0 aromatic heterocycles. The number of nitrogens with one attached hydrogen (secondary N) is 1. The molecule has 0 bridgehead atoms. The molecule has 0 unspecified atom stereocenters. The lowest BCUT2D eigenvalue weighted by Crippen LogP contribution is -2.31. The van der Waals surface area contributed by atoms with Gasteiger partial charge < -0.3 is 19.9 Å². The number of hydrogen-bond donors (Lipinski definition) is 2. The first-order valence-electron chi connectivity index (χ1n) is 7.50. The fourth-order valence-corrected chi connectivity index (χ4v) is 2.51. The van der Waals surface area contributed by atoms with Crippen molar-refractivity contribution in [2.24, 2.45) is 0 Å². The highest BCUT2D eigenvalue weighted by molar-refractivity contribution is 6.31. The predicted molar refractivity (Wildman–Crippen MR) is 93.0 cm³/mol. The molecule has 7 heteroatoms. The minimum atomic E-state index is -0.805. The molecule has 0 spiro atoms. The molecule has 0 saturated carbocycles. The molecular weight excluding hydrogens is 346 g/mol. The Morgan fingerprint density at radius 1 is 1.24 bits per heavy atom. The van der Waals surface area contributed by atoms with Crippen molar-refractivity contribution in [2.75, 3.05) is 13.7 Å². The Hall–Kier alpha value is -2.73. The van der Waals surface area contributed by atoms with E-state index >= 15 is 0 Å². The second-order valence-corrected chi connectivity index (χ2v) is 5.68. The van der Waals surface area contributed by atoms with Gasteiger partial charge in [0.15, 0.2) is 6.61 Å². The van der Waals surface area contributed by atoms with Crippen LogP contribution in [0, 0.1) is 0 Å². The van der Waals surface area contributed by atoms with E-state index in [-0.39, 0.29) is 17.4 Å². The smallest absolute Gasteiger partial charge is 0.342 e. The minimum absolute atomic E-state index is 0.0484. The van der Waals surface area contributed by atoms with Crippen molar-refractivity contribution in [2.45, 2.75) is 13.0 Å². The van der Waals surface area contributed by atoms with Gasteiger partial charge in [0.25, 0.3) is 5.91 Å². The van der Waals surface area contributed by atoms with Crippen LogP contribution in [-0.4, -0.2) is 30.7 Å². The molecule has 6 nitrogen and oxygen atoms in total. The Kier molecular flexibility index (Phi) is 6.25. The fourth-order valence-electron chi connectivity index (χ4n) is 2.21. The Balaban J connectivity index is 1.91. The summed E-state index contributed by atoms with van der Waals surface area (Å²) in [5.41, 5.74) is 0.712. The van der Waals surface area contributed by atoms with Gasteiger partial charge in [0.1, 0.15) is 17.1 Å². The number of hydrogen-bond acceptors (Lipinski definition) is 5. The Bertz CT molecular complexity index is 778. The van der Waals surface area contributed by atoms with Crippen LogP contribution in [0.25, 0.3) is 0 Å². The molecule has 0 aliphatic heterocycles. The highest BCUT2D eigenvalue weighted by atomic mass is 35.5. The van der Waals surface area contributed by atoms with Gasteiger partial charge >= 0.3 is 5.97 Å². The van der Waals surface area contributed by atoms with Crippen molar-refractivity contribution < 1.29 is 24.2 Å². The van der Waals surface area contributed by atoms with E-state index < -0.39 is 18.5 Å². The zero-order chi connectivity index (χ0) is 18.4. The SMILES string of the molecule is COc1ccc(C(=O)OCC(=O)N[C@H](C)c2ccccc2Cl)c(O)c1. The number of carbonyl (C=O) groups excluding carboxylic acids is 2. The second-order valence-electron chi connectivity index (χ2n) is 5.27. The van der Waals surface area contributed by atoms with Crippen molar-refractivity contribution in [3.63, 3.8) is 0 Å². The van der Waals surface area contributed by atoms with Crippen molar-refractivity contribution in [3.05, 3.63) is 58.6 Å². The first-order valence-corrected chi connectivity index (χ1v) is 7.88. The molecule has 0 aliphatic carbocycles. The monoisotopic (exact) mass is 363 g/mol.